The van der Waals surface area contributed by atoms with Crippen LogP contribution in [0.1, 0.15) is 41.2 Å². The van der Waals surface area contributed by atoms with E-state index in [1.54, 1.807) is 24.3 Å². The molecule has 1 aromatic carbocycles. The van der Waals surface area contributed by atoms with Gasteiger partial charge in [-0.2, -0.15) is 0 Å². The molecule has 2 aromatic rings. The van der Waals surface area contributed by atoms with Crippen molar-refractivity contribution in [3.63, 3.8) is 0 Å². The van der Waals surface area contributed by atoms with Gasteiger partial charge in [0.2, 0.25) is 0 Å². The second-order valence-electron chi connectivity index (χ2n) is 5.30. The molecule has 0 spiro atoms. The van der Waals surface area contributed by atoms with Crippen LogP contribution in [0.25, 0.3) is 11.3 Å². The number of furan rings is 1. The third kappa shape index (κ3) is 5.51. The molecule has 0 fully saturated rings. The van der Waals surface area contributed by atoms with Crippen LogP contribution in [0.15, 0.2) is 40.8 Å². The molecule has 0 atom stereocenters. The van der Waals surface area contributed by atoms with Crippen LogP contribution in [-0.2, 0) is 0 Å². The molecular weight excluding hydrogens is 328 g/mol. The first-order valence-corrected chi connectivity index (χ1v) is 7.82. The minimum atomic E-state index is -0.227. The lowest BCUT2D eigenvalue weighted by Gasteiger charge is -2.04. The number of amides is 1. The molecule has 0 saturated carbocycles. The second-order valence-corrected chi connectivity index (χ2v) is 5.30. The summed E-state index contributed by atoms with van der Waals surface area (Å²) in [5, 5.41) is 6.02. The van der Waals surface area contributed by atoms with Gasteiger partial charge in [0.25, 0.3) is 5.91 Å². The molecule has 2 N–H and O–H groups in total. The molecule has 0 saturated heterocycles. The molecule has 0 aliphatic carbocycles. The molecule has 1 aromatic heterocycles. The van der Waals surface area contributed by atoms with Crippen LogP contribution in [0, 0.1) is 0 Å². The largest absolute Gasteiger partial charge is 0.451 e. The smallest absolute Gasteiger partial charge is 0.287 e. The molecule has 1 heterocycles. The Balaban J connectivity index is 0.00000288. The van der Waals surface area contributed by atoms with Gasteiger partial charge in [0, 0.05) is 24.2 Å². The van der Waals surface area contributed by atoms with Crippen LogP contribution in [-0.4, -0.2) is 31.3 Å². The Morgan fingerprint density at radius 3 is 2.33 bits per heavy atom. The summed E-state index contributed by atoms with van der Waals surface area (Å²) in [6, 6.07) is 10.5. The molecule has 0 radical (unpaired) electrons. The summed E-state index contributed by atoms with van der Waals surface area (Å²) in [5.74, 6) is 0.683. The van der Waals surface area contributed by atoms with Crippen molar-refractivity contribution in [3.8, 4) is 11.3 Å². The number of Topliss-reactive ketones (excluding diaryl/α,β-unsaturated/α-hetero) is 1. The van der Waals surface area contributed by atoms with Crippen LogP contribution in [0.3, 0.4) is 0 Å². The van der Waals surface area contributed by atoms with E-state index in [1.807, 2.05) is 12.1 Å². The van der Waals surface area contributed by atoms with Crippen LogP contribution < -0.4 is 10.6 Å². The number of hydrogen-bond acceptors (Lipinski definition) is 4. The molecule has 130 valence electrons. The third-order valence-electron chi connectivity index (χ3n) is 3.42. The van der Waals surface area contributed by atoms with Gasteiger partial charge in [0.05, 0.1) is 0 Å². The fourth-order valence-corrected chi connectivity index (χ4v) is 2.14. The Bertz CT molecular complexity index is 665. The Labute approximate surface area is 148 Å². The predicted octanol–water partition coefficient (Wildman–Crippen LogP) is 3.30. The highest BCUT2D eigenvalue weighted by atomic mass is 35.5. The van der Waals surface area contributed by atoms with Crippen molar-refractivity contribution in [2.75, 3.05) is 19.6 Å². The van der Waals surface area contributed by atoms with Crippen LogP contribution in [0.2, 0.25) is 0 Å². The Kier molecular flexibility index (Phi) is 8.22. The minimum absolute atomic E-state index is 0. The highest BCUT2D eigenvalue weighted by Crippen LogP contribution is 2.22. The van der Waals surface area contributed by atoms with Gasteiger partial charge >= 0.3 is 0 Å². The van der Waals surface area contributed by atoms with E-state index in [0.717, 1.165) is 25.1 Å². The van der Waals surface area contributed by atoms with Crippen molar-refractivity contribution in [2.24, 2.45) is 0 Å². The van der Waals surface area contributed by atoms with Crippen molar-refractivity contribution >= 4 is 24.1 Å². The van der Waals surface area contributed by atoms with Gasteiger partial charge in [-0.1, -0.05) is 31.2 Å². The first kappa shape index (κ1) is 19.9. The number of ketones is 1. The zero-order chi connectivity index (χ0) is 16.7. The average molecular weight is 351 g/mol. The number of carbonyl (C=O) groups excluding carboxylic acids is 2. The SMILES string of the molecule is CCCNCCNC(=O)c1ccc(-c2ccc(C(C)=O)cc2)o1.Cl. The maximum Gasteiger partial charge on any atom is 0.287 e. The standard InChI is InChI=1S/C18H22N2O3.ClH/c1-3-10-19-11-12-20-18(22)17-9-8-16(23-17)15-6-4-14(5-7-15)13(2)21;/h4-9,19H,3,10-12H2,1-2H3,(H,20,22);1H. The summed E-state index contributed by atoms with van der Waals surface area (Å²) in [7, 11) is 0. The topological polar surface area (TPSA) is 71.3 Å². The van der Waals surface area contributed by atoms with E-state index in [2.05, 4.69) is 17.6 Å². The van der Waals surface area contributed by atoms with Crippen molar-refractivity contribution in [2.45, 2.75) is 20.3 Å². The van der Waals surface area contributed by atoms with Gasteiger partial charge in [0.15, 0.2) is 11.5 Å². The molecule has 5 nitrogen and oxygen atoms in total. The summed E-state index contributed by atoms with van der Waals surface area (Å²) in [5.41, 5.74) is 1.48. The van der Waals surface area contributed by atoms with E-state index in [0.29, 0.717) is 17.9 Å². The van der Waals surface area contributed by atoms with E-state index in [4.69, 9.17) is 4.42 Å². The first-order chi connectivity index (χ1) is 11.1. The molecule has 0 aliphatic rings. The Morgan fingerprint density at radius 1 is 1.00 bits per heavy atom. The van der Waals surface area contributed by atoms with Crippen LogP contribution in [0.4, 0.5) is 0 Å². The summed E-state index contributed by atoms with van der Waals surface area (Å²) in [4.78, 5) is 23.3. The highest BCUT2D eigenvalue weighted by molar-refractivity contribution is 5.94. The third-order valence-corrected chi connectivity index (χ3v) is 3.42. The minimum Gasteiger partial charge on any atom is -0.451 e. The van der Waals surface area contributed by atoms with Gasteiger partial charge in [-0.15, -0.1) is 12.4 Å². The zero-order valence-electron chi connectivity index (χ0n) is 13.9. The molecule has 24 heavy (non-hydrogen) atoms. The van der Waals surface area contributed by atoms with Gasteiger partial charge < -0.3 is 15.1 Å². The Hall–Kier alpha value is -2.11. The lowest BCUT2D eigenvalue weighted by atomic mass is 10.1. The van der Waals surface area contributed by atoms with Crippen molar-refractivity contribution < 1.29 is 14.0 Å². The lowest BCUT2D eigenvalue weighted by molar-refractivity contribution is 0.0926. The maximum atomic E-state index is 12.0. The fourth-order valence-electron chi connectivity index (χ4n) is 2.14. The van der Waals surface area contributed by atoms with Crippen molar-refractivity contribution in [1.82, 2.24) is 10.6 Å². The zero-order valence-corrected chi connectivity index (χ0v) is 14.7. The number of nitrogens with one attached hydrogen (secondary N) is 2. The lowest BCUT2D eigenvalue weighted by Crippen LogP contribution is -2.31. The molecule has 0 aliphatic heterocycles. The van der Waals surface area contributed by atoms with Gasteiger partial charge in [0.1, 0.15) is 5.76 Å². The second kappa shape index (κ2) is 9.90. The summed E-state index contributed by atoms with van der Waals surface area (Å²) in [6.07, 6.45) is 1.07. The molecule has 6 heteroatoms. The van der Waals surface area contributed by atoms with Gasteiger partial charge in [-0.3, -0.25) is 9.59 Å². The number of rotatable bonds is 8. The molecule has 0 bridgehead atoms. The number of benzene rings is 1. The molecular formula is C18H23ClN2O3. The maximum absolute atomic E-state index is 12.0. The molecule has 1 amide bonds. The summed E-state index contributed by atoms with van der Waals surface area (Å²) < 4.78 is 5.59. The van der Waals surface area contributed by atoms with Crippen molar-refractivity contribution in [3.05, 3.63) is 47.7 Å². The molecule has 2 rings (SSSR count). The Morgan fingerprint density at radius 2 is 1.71 bits per heavy atom. The number of halogens is 1. The van der Waals surface area contributed by atoms with E-state index >= 15 is 0 Å². The number of hydrogen-bond donors (Lipinski definition) is 2. The normalized spacial score (nSPS) is 10.1. The van der Waals surface area contributed by atoms with E-state index in [1.165, 1.54) is 6.92 Å². The van der Waals surface area contributed by atoms with Gasteiger partial charge in [-0.05, 0) is 32.0 Å². The quantitative estimate of drug-likeness (QED) is 0.566. The van der Waals surface area contributed by atoms with Crippen molar-refractivity contribution in [1.29, 1.82) is 0 Å². The fraction of sp³-hybridized carbons (Fsp3) is 0.333. The average Bonchev–Trinajstić information content (AvgIpc) is 3.04. The van der Waals surface area contributed by atoms with Gasteiger partial charge in [-0.25, -0.2) is 0 Å². The van der Waals surface area contributed by atoms with Crippen LogP contribution >= 0.6 is 12.4 Å². The highest BCUT2D eigenvalue weighted by Gasteiger charge is 2.12. The predicted molar refractivity (Wildman–Crippen MR) is 96.9 cm³/mol. The first-order valence-electron chi connectivity index (χ1n) is 7.82. The van der Waals surface area contributed by atoms with E-state index < -0.39 is 0 Å². The summed E-state index contributed by atoms with van der Waals surface area (Å²) >= 11 is 0. The molecule has 0 unspecified atom stereocenters. The number of carbonyl (C=O) groups is 2. The summed E-state index contributed by atoms with van der Waals surface area (Å²) in [6.45, 7) is 5.86. The van der Waals surface area contributed by atoms with E-state index in [-0.39, 0.29) is 29.9 Å². The van der Waals surface area contributed by atoms with Crippen LogP contribution in [0.5, 0.6) is 0 Å². The van der Waals surface area contributed by atoms with E-state index in [9.17, 15) is 9.59 Å². The monoisotopic (exact) mass is 350 g/mol.